The quantitative estimate of drug-likeness (QED) is 0.369. The predicted octanol–water partition coefficient (Wildman–Crippen LogP) is 4.71. The summed E-state index contributed by atoms with van der Waals surface area (Å²) >= 11 is 0. The van der Waals surface area contributed by atoms with Crippen molar-refractivity contribution in [3.8, 4) is 5.75 Å². The second kappa shape index (κ2) is 7.71. The van der Waals surface area contributed by atoms with Crippen molar-refractivity contribution in [1.29, 1.82) is 0 Å². The summed E-state index contributed by atoms with van der Waals surface area (Å²) in [5.41, 5.74) is 3.15. The molecule has 3 heterocycles. The average Bonchev–Trinajstić information content (AvgIpc) is 3.51. The highest BCUT2D eigenvalue weighted by Crippen LogP contribution is 2.43. The normalized spacial score (nSPS) is 19.3. The number of benzene rings is 2. The Balaban J connectivity index is 1.67. The van der Waals surface area contributed by atoms with Crippen LogP contribution in [-0.4, -0.2) is 23.4 Å². The van der Waals surface area contributed by atoms with E-state index in [1.54, 1.807) is 31.2 Å². The summed E-state index contributed by atoms with van der Waals surface area (Å²) in [5, 5.41) is 11.2. The Morgan fingerprint density at radius 2 is 1.88 bits per heavy atom. The van der Waals surface area contributed by atoms with Crippen molar-refractivity contribution >= 4 is 23.1 Å². The molecule has 1 unspecified atom stereocenters. The molecule has 1 atom stereocenters. The molecule has 0 radical (unpaired) electrons. The highest BCUT2D eigenvalue weighted by molar-refractivity contribution is 6.51. The van der Waals surface area contributed by atoms with Gasteiger partial charge in [-0.1, -0.05) is 19.1 Å². The summed E-state index contributed by atoms with van der Waals surface area (Å²) in [6.07, 6.45) is 1.59. The zero-order valence-electron chi connectivity index (χ0n) is 17.9. The number of carbonyl (C=O) groups is 2. The summed E-state index contributed by atoms with van der Waals surface area (Å²) in [4.78, 5) is 27.7. The van der Waals surface area contributed by atoms with E-state index >= 15 is 0 Å². The average molecular weight is 429 g/mol. The minimum Gasteiger partial charge on any atom is -0.507 e. The van der Waals surface area contributed by atoms with Crippen LogP contribution in [0.4, 0.5) is 5.69 Å². The number of amides is 1. The molecule has 0 spiro atoms. The number of fused-ring (bicyclic) bond motifs is 1. The van der Waals surface area contributed by atoms with E-state index in [-0.39, 0.29) is 11.3 Å². The van der Waals surface area contributed by atoms with Gasteiger partial charge in [-0.15, -0.1) is 0 Å². The molecular formula is C26H23NO5. The standard InChI is InChI=1S/C26H23NO5/c1-3-16-5-8-19(9-6-16)27-23(21-10-4-15(2)32-21)22(25(29)26(27)30)24(28)18-7-11-20-17(14-18)12-13-31-20/h4-11,14,23,28H,3,12-13H2,1-2H3/b24-22-. The van der Waals surface area contributed by atoms with Gasteiger partial charge in [0, 0.05) is 17.7 Å². The van der Waals surface area contributed by atoms with Gasteiger partial charge in [0.25, 0.3) is 11.7 Å². The molecule has 2 aliphatic rings. The summed E-state index contributed by atoms with van der Waals surface area (Å²) in [6.45, 7) is 4.43. The minimum atomic E-state index is -0.860. The highest BCUT2D eigenvalue weighted by atomic mass is 16.5. The number of Topliss-reactive ketones (excluding diaryl/α,β-unsaturated/α-hetero) is 1. The van der Waals surface area contributed by atoms with Gasteiger partial charge in [-0.2, -0.15) is 0 Å². The van der Waals surface area contributed by atoms with E-state index in [0.717, 1.165) is 29.7 Å². The summed E-state index contributed by atoms with van der Waals surface area (Å²) in [7, 11) is 0. The summed E-state index contributed by atoms with van der Waals surface area (Å²) < 4.78 is 11.4. The predicted molar refractivity (Wildman–Crippen MR) is 120 cm³/mol. The molecular weight excluding hydrogens is 406 g/mol. The molecule has 2 aliphatic heterocycles. The number of ketones is 1. The fraction of sp³-hybridized carbons (Fsp3) is 0.231. The lowest BCUT2D eigenvalue weighted by molar-refractivity contribution is -0.132. The first-order valence-electron chi connectivity index (χ1n) is 10.7. The number of hydrogen-bond donors (Lipinski definition) is 1. The molecule has 3 aromatic rings. The summed E-state index contributed by atoms with van der Waals surface area (Å²) in [6, 6.07) is 15.5. The number of hydrogen-bond acceptors (Lipinski definition) is 5. The lowest BCUT2D eigenvalue weighted by Gasteiger charge is -2.23. The molecule has 32 heavy (non-hydrogen) atoms. The molecule has 2 aromatic carbocycles. The van der Waals surface area contributed by atoms with Gasteiger partial charge >= 0.3 is 0 Å². The number of rotatable bonds is 4. The van der Waals surface area contributed by atoms with Crippen LogP contribution in [0, 0.1) is 6.92 Å². The van der Waals surface area contributed by atoms with Crippen molar-refractivity contribution in [3.05, 3.63) is 88.4 Å². The van der Waals surface area contributed by atoms with Crippen LogP contribution in [0.2, 0.25) is 0 Å². The molecule has 1 saturated heterocycles. The summed E-state index contributed by atoms with van der Waals surface area (Å²) in [5.74, 6) is 0.201. The van der Waals surface area contributed by atoms with Crippen molar-refractivity contribution in [1.82, 2.24) is 0 Å². The fourth-order valence-electron chi connectivity index (χ4n) is 4.35. The van der Waals surface area contributed by atoms with E-state index in [0.29, 0.717) is 29.4 Å². The van der Waals surface area contributed by atoms with Crippen LogP contribution in [0.25, 0.3) is 5.76 Å². The lowest BCUT2D eigenvalue weighted by atomic mass is 9.97. The molecule has 0 aliphatic carbocycles. The van der Waals surface area contributed by atoms with Gasteiger partial charge in [0.2, 0.25) is 0 Å². The Morgan fingerprint density at radius 3 is 2.56 bits per heavy atom. The van der Waals surface area contributed by atoms with Gasteiger partial charge in [0.1, 0.15) is 29.1 Å². The maximum absolute atomic E-state index is 13.2. The maximum atomic E-state index is 13.2. The molecule has 6 nitrogen and oxygen atoms in total. The molecule has 1 N–H and O–H groups in total. The first-order valence-corrected chi connectivity index (χ1v) is 10.7. The number of furan rings is 1. The zero-order chi connectivity index (χ0) is 22.4. The molecule has 0 saturated carbocycles. The lowest BCUT2D eigenvalue weighted by Crippen LogP contribution is -2.29. The maximum Gasteiger partial charge on any atom is 0.300 e. The Bertz CT molecular complexity index is 1250. The number of aliphatic hydroxyl groups excluding tert-OH is 1. The fourth-order valence-corrected chi connectivity index (χ4v) is 4.35. The highest BCUT2D eigenvalue weighted by Gasteiger charge is 2.48. The van der Waals surface area contributed by atoms with Crippen molar-refractivity contribution < 1.29 is 23.8 Å². The van der Waals surface area contributed by atoms with Crippen molar-refractivity contribution in [3.63, 3.8) is 0 Å². The second-order valence-electron chi connectivity index (χ2n) is 8.06. The van der Waals surface area contributed by atoms with Crippen LogP contribution in [0.1, 0.15) is 41.2 Å². The van der Waals surface area contributed by atoms with E-state index < -0.39 is 17.7 Å². The van der Waals surface area contributed by atoms with Crippen LogP contribution < -0.4 is 9.64 Å². The molecule has 1 fully saturated rings. The first-order chi connectivity index (χ1) is 15.5. The van der Waals surface area contributed by atoms with E-state index in [9.17, 15) is 14.7 Å². The Morgan fingerprint density at radius 1 is 1.09 bits per heavy atom. The number of aliphatic hydroxyl groups is 1. The van der Waals surface area contributed by atoms with Gasteiger partial charge in [0.15, 0.2) is 0 Å². The van der Waals surface area contributed by atoms with Crippen molar-refractivity contribution in [2.45, 2.75) is 32.7 Å². The molecule has 0 bridgehead atoms. The van der Waals surface area contributed by atoms with Gasteiger partial charge < -0.3 is 14.3 Å². The number of carbonyl (C=O) groups excluding carboxylic acids is 2. The third kappa shape index (κ3) is 3.19. The Hall–Kier alpha value is -3.80. The number of aryl methyl sites for hydroxylation is 2. The van der Waals surface area contributed by atoms with Crippen LogP contribution in [-0.2, 0) is 22.4 Å². The third-order valence-electron chi connectivity index (χ3n) is 6.06. The monoisotopic (exact) mass is 429 g/mol. The Kier molecular flexibility index (Phi) is 4.85. The zero-order valence-corrected chi connectivity index (χ0v) is 17.9. The first kappa shape index (κ1) is 20.1. The number of ether oxygens (including phenoxy) is 1. The SMILES string of the molecule is CCc1ccc(N2C(=O)C(=O)/C(=C(\O)c3ccc4c(c3)CCO4)C2c2ccc(C)o2)cc1. The molecule has 5 rings (SSSR count). The number of nitrogens with zero attached hydrogens (tertiary/aromatic N) is 1. The number of anilines is 1. The molecule has 1 aromatic heterocycles. The minimum absolute atomic E-state index is 0.0165. The van der Waals surface area contributed by atoms with Crippen LogP contribution in [0.3, 0.4) is 0 Å². The van der Waals surface area contributed by atoms with E-state index in [1.807, 2.05) is 30.3 Å². The molecule has 6 heteroatoms. The second-order valence-corrected chi connectivity index (χ2v) is 8.06. The van der Waals surface area contributed by atoms with E-state index in [2.05, 4.69) is 6.92 Å². The van der Waals surface area contributed by atoms with E-state index in [4.69, 9.17) is 9.15 Å². The molecule has 162 valence electrons. The van der Waals surface area contributed by atoms with Crippen LogP contribution in [0.15, 0.2) is 64.6 Å². The van der Waals surface area contributed by atoms with Gasteiger partial charge in [-0.3, -0.25) is 14.5 Å². The largest absolute Gasteiger partial charge is 0.507 e. The van der Waals surface area contributed by atoms with Gasteiger partial charge in [0.05, 0.1) is 12.2 Å². The van der Waals surface area contributed by atoms with Gasteiger partial charge in [-0.05, 0) is 66.9 Å². The van der Waals surface area contributed by atoms with Crippen LogP contribution >= 0.6 is 0 Å². The Labute approximate surface area is 185 Å². The van der Waals surface area contributed by atoms with Crippen molar-refractivity contribution in [2.24, 2.45) is 0 Å². The van der Waals surface area contributed by atoms with Crippen LogP contribution in [0.5, 0.6) is 5.75 Å². The topological polar surface area (TPSA) is 80.0 Å². The smallest absolute Gasteiger partial charge is 0.300 e. The third-order valence-corrected chi connectivity index (χ3v) is 6.06. The molecule has 1 amide bonds. The van der Waals surface area contributed by atoms with Crippen molar-refractivity contribution in [2.75, 3.05) is 11.5 Å². The van der Waals surface area contributed by atoms with Gasteiger partial charge in [-0.25, -0.2) is 0 Å². The van der Waals surface area contributed by atoms with E-state index in [1.165, 1.54) is 4.90 Å².